The van der Waals surface area contributed by atoms with E-state index in [0.717, 1.165) is 87.1 Å². The molecule has 2 fully saturated rings. The number of rotatable bonds is 10. The molecular formula is C33H39FN4O3. The molecule has 8 heteroatoms. The van der Waals surface area contributed by atoms with Crippen LogP contribution in [0.2, 0.25) is 0 Å². The molecule has 1 amide bonds. The first-order chi connectivity index (χ1) is 20.1. The molecule has 3 aliphatic rings. The van der Waals surface area contributed by atoms with Crippen LogP contribution in [-0.4, -0.2) is 80.9 Å². The highest BCUT2D eigenvalue weighted by molar-refractivity contribution is 6.07. The van der Waals surface area contributed by atoms with Crippen molar-refractivity contribution >= 4 is 34.3 Å². The van der Waals surface area contributed by atoms with Crippen LogP contribution < -0.4 is 14.4 Å². The molecule has 0 saturated carbocycles. The maximum Gasteiger partial charge on any atom is 0.256 e. The second-order valence-electron chi connectivity index (χ2n) is 11.3. The Kier molecular flexibility index (Phi) is 8.37. The van der Waals surface area contributed by atoms with Crippen molar-refractivity contribution in [1.82, 2.24) is 9.80 Å². The third-order valence-electron chi connectivity index (χ3n) is 8.60. The van der Waals surface area contributed by atoms with Crippen LogP contribution in [0, 0.1) is 5.82 Å². The van der Waals surface area contributed by atoms with Gasteiger partial charge in [0.15, 0.2) is 11.5 Å². The van der Waals surface area contributed by atoms with Crippen molar-refractivity contribution in [2.75, 3.05) is 57.9 Å². The summed E-state index contributed by atoms with van der Waals surface area (Å²) in [5.74, 6) is 1.29. The van der Waals surface area contributed by atoms with Crippen LogP contribution in [0.5, 0.6) is 11.5 Å². The SMILES string of the molecule is COc1cc2cc3c(cc2cc1OCCCCCCN1CCN(c2ccc(F)cc2)CC1)C(=O)N1CCC[C@H]1C=N3. The summed E-state index contributed by atoms with van der Waals surface area (Å²) in [6, 6.07) is 14.8. The molecule has 41 heavy (non-hydrogen) atoms. The van der Waals surface area contributed by atoms with E-state index in [2.05, 4.69) is 14.8 Å². The number of amides is 1. The van der Waals surface area contributed by atoms with Crippen LogP contribution in [0.15, 0.2) is 53.5 Å². The van der Waals surface area contributed by atoms with E-state index in [0.29, 0.717) is 23.7 Å². The highest BCUT2D eigenvalue weighted by Gasteiger charge is 2.32. The lowest BCUT2D eigenvalue weighted by Crippen LogP contribution is -2.46. The molecule has 0 unspecified atom stereocenters. The minimum atomic E-state index is -0.184. The number of ether oxygens (including phenoxy) is 2. The highest BCUT2D eigenvalue weighted by Crippen LogP contribution is 2.37. The Morgan fingerprint density at radius 1 is 0.902 bits per heavy atom. The molecule has 2 saturated heterocycles. The minimum Gasteiger partial charge on any atom is -0.493 e. The van der Waals surface area contributed by atoms with Gasteiger partial charge >= 0.3 is 0 Å². The summed E-state index contributed by atoms with van der Waals surface area (Å²) in [7, 11) is 1.66. The van der Waals surface area contributed by atoms with Crippen LogP contribution in [-0.2, 0) is 0 Å². The molecule has 3 heterocycles. The predicted octanol–water partition coefficient (Wildman–Crippen LogP) is 6.07. The molecule has 7 nitrogen and oxygen atoms in total. The van der Waals surface area contributed by atoms with Crippen LogP contribution >= 0.6 is 0 Å². The van der Waals surface area contributed by atoms with E-state index in [4.69, 9.17) is 9.47 Å². The summed E-state index contributed by atoms with van der Waals surface area (Å²) in [6.45, 7) is 6.58. The highest BCUT2D eigenvalue weighted by atomic mass is 19.1. The van der Waals surface area contributed by atoms with Crippen molar-refractivity contribution in [3.8, 4) is 11.5 Å². The lowest BCUT2D eigenvalue weighted by molar-refractivity contribution is 0.0775. The maximum absolute atomic E-state index is 13.2. The summed E-state index contributed by atoms with van der Waals surface area (Å²) in [5, 5.41) is 1.94. The van der Waals surface area contributed by atoms with Gasteiger partial charge in [0.2, 0.25) is 0 Å². The van der Waals surface area contributed by atoms with Crippen molar-refractivity contribution in [1.29, 1.82) is 0 Å². The molecule has 0 aromatic heterocycles. The zero-order valence-corrected chi connectivity index (χ0v) is 23.9. The maximum atomic E-state index is 13.2. The number of nitrogens with zero attached hydrogens (tertiary/aromatic N) is 4. The van der Waals surface area contributed by atoms with Crippen LogP contribution in [0.25, 0.3) is 10.8 Å². The van der Waals surface area contributed by atoms with Gasteiger partial charge in [0.05, 0.1) is 31.0 Å². The van der Waals surface area contributed by atoms with Crippen molar-refractivity contribution in [2.24, 2.45) is 4.99 Å². The van der Waals surface area contributed by atoms with E-state index >= 15 is 0 Å². The van der Waals surface area contributed by atoms with Crippen LogP contribution in [0.3, 0.4) is 0 Å². The number of piperazine rings is 1. The van der Waals surface area contributed by atoms with Crippen molar-refractivity contribution in [3.63, 3.8) is 0 Å². The molecule has 3 aliphatic heterocycles. The zero-order valence-electron chi connectivity index (χ0n) is 23.9. The smallest absolute Gasteiger partial charge is 0.256 e. The Morgan fingerprint density at radius 3 is 2.46 bits per heavy atom. The molecule has 1 atom stereocenters. The van der Waals surface area contributed by atoms with Gasteiger partial charge in [0, 0.05) is 44.6 Å². The number of carbonyl (C=O) groups excluding carboxylic acids is 1. The first kappa shape index (κ1) is 27.5. The zero-order chi connectivity index (χ0) is 28.2. The molecule has 3 aromatic carbocycles. The van der Waals surface area contributed by atoms with E-state index in [1.807, 2.05) is 47.5 Å². The fourth-order valence-corrected chi connectivity index (χ4v) is 6.22. The third-order valence-corrected chi connectivity index (χ3v) is 8.60. The second-order valence-corrected chi connectivity index (χ2v) is 11.3. The first-order valence-corrected chi connectivity index (χ1v) is 15.0. The Bertz CT molecular complexity index is 1400. The lowest BCUT2D eigenvalue weighted by Gasteiger charge is -2.36. The molecular weight excluding hydrogens is 519 g/mol. The Labute approximate surface area is 241 Å². The van der Waals surface area contributed by atoms with Gasteiger partial charge in [0.1, 0.15) is 5.82 Å². The van der Waals surface area contributed by atoms with Gasteiger partial charge in [0.25, 0.3) is 5.91 Å². The lowest BCUT2D eigenvalue weighted by atomic mass is 10.0. The predicted molar refractivity (Wildman–Crippen MR) is 162 cm³/mol. The monoisotopic (exact) mass is 558 g/mol. The van der Waals surface area contributed by atoms with Gasteiger partial charge in [-0.05, 0) is 91.5 Å². The number of unbranched alkanes of at least 4 members (excludes halogenated alkanes) is 3. The van der Waals surface area contributed by atoms with E-state index in [-0.39, 0.29) is 17.8 Å². The summed E-state index contributed by atoms with van der Waals surface area (Å²) in [6.07, 6.45) is 8.36. The third kappa shape index (κ3) is 6.17. The second kappa shape index (κ2) is 12.5. The molecule has 3 aromatic rings. The fraction of sp³-hybridized carbons (Fsp3) is 0.455. The van der Waals surface area contributed by atoms with Crippen LogP contribution in [0.1, 0.15) is 48.9 Å². The number of fused-ring (bicyclic) bond motifs is 3. The standard InChI is InChI=1S/C33H39FN4O3/c1-40-31-21-25-20-30-29(33(39)38-13-6-7-28(38)23-35-30)19-24(25)22-32(31)41-18-5-3-2-4-12-36-14-16-37(17-15-36)27-10-8-26(34)9-11-27/h8-11,19-23,28H,2-7,12-18H2,1H3/t28-/m0/s1. The molecule has 0 bridgehead atoms. The summed E-state index contributed by atoms with van der Waals surface area (Å²) in [4.78, 5) is 24.7. The minimum absolute atomic E-state index is 0.0648. The van der Waals surface area contributed by atoms with Gasteiger partial charge in [-0.15, -0.1) is 0 Å². The number of anilines is 1. The molecule has 6 rings (SSSR count). The van der Waals surface area contributed by atoms with Crippen LogP contribution in [0.4, 0.5) is 15.8 Å². The van der Waals surface area contributed by atoms with Gasteiger partial charge in [-0.1, -0.05) is 12.8 Å². The van der Waals surface area contributed by atoms with E-state index in [1.54, 1.807) is 7.11 Å². The first-order valence-electron chi connectivity index (χ1n) is 15.0. The van der Waals surface area contributed by atoms with Crippen molar-refractivity contribution in [3.05, 3.63) is 59.9 Å². The largest absolute Gasteiger partial charge is 0.493 e. The Balaban J connectivity index is 0.965. The quantitative estimate of drug-likeness (QED) is 0.283. The summed E-state index contributed by atoms with van der Waals surface area (Å²) >= 11 is 0. The number of hydrogen-bond donors (Lipinski definition) is 0. The normalized spacial score (nSPS) is 18.9. The molecule has 0 spiro atoms. The summed E-state index contributed by atoms with van der Waals surface area (Å²) in [5.41, 5.74) is 2.49. The van der Waals surface area contributed by atoms with Crippen molar-refractivity contribution < 1.29 is 18.7 Å². The molecule has 0 N–H and O–H groups in total. The number of halogens is 1. The molecule has 0 aliphatic carbocycles. The molecule has 0 radical (unpaired) electrons. The Hall–Kier alpha value is -3.65. The average molecular weight is 559 g/mol. The number of carbonyl (C=O) groups is 1. The number of hydrogen-bond acceptors (Lipinski definition) is 6. The molecule has 216 valence electrons. The topological polar surface area (TPSA) is 57.6 Å². The average Bonchev–Trinajstić information content (AvgIpc) is 3.43. The number of benzene rings is 3. The van der Waals surface area contributed by atoms with E-state index < -0.39 is 0 Å². The summed E-state index contributed by atoms with van der Waals surface area (Å²) < 4.78 is 25.0. The fourth-order valence-electron chi connectivity index (χ4n) is 6.22. The van der Waals surface area contributed by atoms with E-state index in [9.17, 15) is 9.18 Å². The van der Waals surface area contributed by atoms with Gasteiger partial charge < -0.3 is 19.3 Å². The van der Waals surface area contributed by atoms with Gasteiger partial charge in [-0.3, -0.25) is 14.7 Å². The Morgan fingerprint density at radius 2 is 1.66 bits per heavy atom. The van der Waals surface area contributed by atoms with Gasteiger partial charge in [-0.2, -0.15) is 0 Å². The number of methoxy groups -OCH3 is 1. The number of aliphatic imine (C=N–C) groups is 1. The van der Waals surface area contributed by atoms with Gasteiger partial charge in [-0.25, -0.2) is 4.39 Å². The van der Waals surface area contributed by atoms with E-state index in [1.165, 1.54) is 25.0 Å². The van der Waals surface area contributed by atoms with Crippen molar-refractivity contribution in [2.45, 2.75) is 44.6 Å².